The maximum Gasteiger partial charge on any atom is 0.127 e. The van der Waals surface area contributed by atoms with Crippen LogP contribution >= 0.6 is 0 Å². The lowest BCUT2D eigenvalue weighted by Crippen LogP contribution is -2.17. The van der Waals surface area contributed by atoms with Crippen LogP contribution in [-0.4, -0.2) is 15.0 Å². The molecule has 0 spiro atoms. The summed E-state index contributed by atoms with van der Waals surface area (Å²) in [4.78, 5) is 0. The Hall–Kier alpha value is -1.62. The molecule has 1 unspecified atom stereocenters. The van der Waals surface area contributed by atoms with Crippen molar-refractivity contribution in [1.29, 1.82) is 0 Å². The molecule has 2 rings (SSSR count). The molecule has 5 heteroatoms. The van der Waals surface area contributed by atoms with Gasteiger partial charge in [-0.3, -0.25) is 0 Å². The minimum Gasteiger partial charge on any atom is -0.464 e. The van der Waals surface area contributed by atoms with Crippen molar-refractivity contribution in [3.63, 3.8) is 0 Å². The molecule has 5 nitrogen and oxygen atoms in total. The monoisotopic (exact) mass is 234 g/mol. The fourth-order valence-corrected chi connectivity index (χ4v) is 1.79. The van der Waals surface area contributed by atoms with Crippen LogP contribution < -0.4 is 5.73 Å². The third-order valence-electron chi connectivity index (χ3n) is 2.74. The van der Waals surface area contributed by atoms with Gasteiger partial charge in [0.1, 0.15) is 17.6 Å². The fraction of sp³-hybridized carbons (Fsp3) is 0.500. The van der Waals surface area contributed by atoms with E-state index in [1.807, 2.05) is 16.8 Å². The molecule has 2 aromatic heterocycles. The molecule has 0 aliphatic carbocycles. The van der Waals surface area contributed by atoms with E-state index in [1.54, 1.807) is 6.20 Å². The SMILES string of the molecule is CCCn1nncc1C(N)c1ccc(CC)o1. The summed E-state index contributed by atoms with van der Waals surface area (Å²) in [5, 5.41) is 7.93. The van der Waals surface area contributed by atoms with E-state index in [0.717, 1.165) is 36.6 Å². The first-order valence-corrected chi connectivity index (χ1v) is 5.98. The first kappa shape index (κ1) is 11.9. The maximum atomic E-state index is 6.17. The number of hydrogen-bond donors (Lipinski definition) is 1. The van der Waals surface area contributed by atoms with E-state index in [0.29, 0.717) is 0 Å². The van der Waals surface area contributed by atoms with Crippen molar-refractivity contribution in [1.82, 2.24) is 15.0 Å². The molecular weight excluding hydrogens is 216 g/mol. The predicted molar refractivity (Wildman–Crippen MR) is 64.4 cm³/mol. The summed E-state index contributed by atoms with van der Waals surface area (Å²) in [6.45, 7) is 4.97. The van der Waals surface area contributed by atoms with Gasteiger partial charge in [0.2, 0.25) is 0 Å². The van der Waals surface area contributed by atoms with E-state index in [2.05, 4.69) is 24.2 Å². The van der Waals surface area contributed by atoms with Crippen LogP contribution in [0.15, 0.2) is 22.7 Å². The van der Waals surface area contributed by atoms with E-state index in [-0.39, 0.29) is 6.04 Å². The van der Waals surface area contributed by atoms with Crippen molar-refractivity contribution < 1.29 is 4.42 Å². The normalized spacial score (nSPS) is 12.9. The van der Waals surface area contributed by atoms with Gasteiger partial charge in [-0.15, -0.1) is 5.10 Å². The molecule has 0 radical (unpaired) electrons. The highest BCUT2D eigenvalue weighted by molar-refractivity contribution is 5.19. The molecule has 0 saturated carbocycles. The smallest absolute Gasteiger partial charge is 0.127 e. The zero-order chi connectivity index (χ0) is 12.3. The highest BCUT2D eigenvalue weighted by Crippen LogP contribution is 2.21. The van der Waals surface area contributed by atoms with Gasteiger partial charge in [-0.1, -0.05) is 19.1 Å². The molecule has 17 heavy (non-hydrogen) atoms. The molecule has 0 fully saturated rings. The fourth-order valence-electron chi connectivity index (χ4n) is 1.79. The third-order valence-corrected chi connectivity index (χ3v) is 2.74. The summed E-state index contributed by atoms with van der Waals surface area (Å²) in [6.07, 6.45) is 3.58. The summed E-state index contributed by atoms with van der Waals surface area (Å²) in [7, 11) is 0. The Morgan fingerprint density at radius 2 is 2.24 bits per heavy atom. The molecule has 2 heterocycles. The first-order chi connectivity index (χ1) is 8.26. The van der Waals surface area contributed by atoms with Gasteiger partial charge in [-0.05, 0) is 18.6 Å². The van der Waals surface area contributed by atoms with Gasteiger partial charge >= 0.3 is 0 Å². The topological polar surface area (TPSA) is 69.9 Å². The summed E-state index contributed by atoms with van der Waals surface area (Å²) < 4.78 is 7.49. The lowest BCUT2D eigenvalue weighted by Gasteiger charge is -2.10. The number of hydrogen-bond acceptors (Lipinski definition) is 4. The quantitative estimate of drug-likeness (QED) is 0.857. The maximum absolute atomic E-state index is 6.17. The van der Waals surface area contributed by atoms with Crippen molar-refractivity contribution in [2.75, 3.05) is 0 Å². The van der Waals surface area contributed by atoms with Gasteiger partial charge in [-0.25, -0.2) is 4.68 Å². The van der Waals surface area contributed by atoms with Crippen LogP contribution in [0.4, 0.5) is 0 Å². The van der Waals surface area contributed by atoms with E-state index in [1.165, 1.54) is 0 Å². The Morgan fingerprint density at radius 3 is 2.88 bits per heavy atom. The van der Waals surface area contributed by atoms with E-state index >= 15 is 0 Å². The van der Waals surface area contributed by atoms with Crippen LogP contribution in [0.5, 0.6) is 0 Å². The number of aromatic nitrogens is 3. The largest absolute Gasteiger partial charge is 0.464 e. The minimum atomic E-state index is -0.295. The number of furan rings is 1. The van der Waals surface area contributed by atoms with Gasteiger partial charge in [0, 0.05) is 13.0 Å². The second-order valence-electron chi connectivity index (χ2n) is 4.02. The molecule has 0 aliphatic rings. The lowest BCUT2D eigenvalue weighted by molar-refractivity contribution is 0.439. The van der Waals surface area contributed by atoms with Gasteiger partial charge in [0.15, 0.2) is 0 Å². The Bertz CT molecular complexity index is 474. The number of nitrogens with two attached hydrogens (primary N) is 1. The lowest BCUT2D eigenvalue weighted by atomic mass is 10.2. The van der Waals surface area contributed by atoms with Crippen LogP contribution in [0, 0.1) is 0 Å². The predicted octanol–water partition coefficient (Wildman–Crippen LogP) is 1.89. The zero-order valence-corrected chi connectivity index (χ0v) is 10.3. The van der Waals surface area contributed by atoms with E-state index < -0.39 is 0 Å². The van der Waals surface area contributed by atoms with Crippen LogP contribution in [-0.2, 0) is 13.0 Å². The molecule has 0 amide bonds. The summed E-state index contributed by atoms with van der Waals surface area (Å²) in [5.74, 6) is 1.71. The van der Waals surface area contributed by atoms with Crippen molar-refractivity contribution in [3.05, 3.63) is 35.5 Å². The van der Waals surface area contributed by atoms with Crippen LogP contribution in [0.2, 0.25) is 0 Å². The Morgan fingerprint density at radius 1 is 1.41 bits per heavy atom. The van der Waals surface area contributed by atoms with Crippen LogP contribution in [0.1, 0.15) is 43.5 Å². The highest BCUT2D eigenvalue weighted by Gasteiger charge is 2.17. The molecule has 2 aromatic rings. The molecule has 0 aromatic carbocycles. The van der Waals surface area contributed by atoms with Gasteiger partial charge < -0.3 is 10.2 Å². The Balaban J connectivity index is 2.23. The molecule has 0 aliphatic heterocycles. The van der Waals surface area contributed by atoms with E-state index in [9.17, 15) is 0 Å². The highest BCUT2D eigenvalue weighted by atomic mass is 16.3. The Kier molecular flexibility index (Phi) is 3.58. The number of nitrogens with zero attached hydrogens (tertiary/aromatic N) is 3. The standard InChI is InChI=1S/C12H18N4O/c1-3-7-16-10(8-14-15-16)12(13)11-6-5-9(4-2)17-11/h5-6,8,12H,3-4,7,13H2,1-2H3. The van der Waals surface area contributed by atoms with Crippen molar-refractivity contribution in [2.24, 2.45) is 5.73 Å². The van der Waals surface area contributed by atoms with Gasteiger partial charge in [-0.2, -0.15) is 0 Å². The molecular formula is C12H18N4O. The van der Waals surface area contributed by atoms with Crippen molar-refractivity contribution in [2.45, 2.75) is 39.3 Å². The minimum absolute atomic E-state index is 0.295. The Labute approximate surface area is 101 Å². The molecule has 0 saturated heterocycles. The van der Waals surface area contributed by atoms with Crippen LogP contribution in [0.3, 0.4) is 0 Å². The summed E-state index contributed by atoms with van der Waals surface area (Å²) >= 11 is 0. The zero-order valence-electron chi connectivity index (χ0n) is 10.3. The van der Waals surface area contributed by atoms with Crippen molar-refractivity contribution in [3.8, 4) is 0 Å². The molecule has 2 N–H and O–H groups in total. The average molecular weight is 234 g/mol. The van der Waals surface area contributed by atoms with Crippen molar-refractivity contribution >= 4 is 0 Å². The second-order valence-corrected chi connectivity index (χ2v) is 4.02. The van der Waals surface area contributed by atoms with Gasteiger partial charge in [0.25, 0.3) is 0 Å². The number of rotatable bonds is 5. The second kappa shape index (κ2) is 5.14. The molecule has 1 atom stereocenters. The number of aryl methyl sites for hydroxylation is 2. The molecule has 92 valence electrons. The first-order valence-electron chi connectivity index (χ1n) is 5.98. The summed E-state index contributed by atoms with van der Waals surface area (Å²) in [5.41, 5.74) is 7.06. The van der Waals surface area contributed by atoms with Crippen LogP contribution in [0.25, 0.3) is 0 Å². The third kappa shape index (κ3) is 2.39. The molecule has 0 bridgehead atoms. The van der Waals surface area contributed by atoms with E-state index in [4.69, 9.17) is 10.2 Å². The summed E-state index contributed by atoms with van der Waals surface area (Å²) in [6, 6.07) is 3.59. The van der Waals surface area contributed by atoms with Gasteiger partial charge in [0.05, 0.1) is 11.9 Å². The average Bonchev–Trinajstić information content (AvgIpc) is 2.97.